The largest absolute Gasteiger partial charge is 0.277 e. The zero-order valence-electron chi connectivity index (χ0n) is 9.97. The van der Waals surface area contributed by atoms with E-state index >= 15 is 0 Å². The summed E-state index contributed by atoms with van der Waals surface area (Å²) in [5.74, 6) is -1.86. The Kier molecular flexibility index (Phi) is 3.68. The first-order valence-corrected chi connectivity index (χ1v) is 6.89. The van der Waals surface area contributed by atoms with Gasteiger partial charge in [0.15, 0.2) is 0 Å². The van der Waals surface area contributed by atoms with Gasteiger partial charge in [0.1, 0.15) is 22.6 Å². The molecule has 0 saturated heterocycles. The first-order valence-electron chi connectivity index (χ1n) is 5.41. The van der Waals surface area contributed by atoms with E-state index < -0.39 is 21.7 Å². The van der Waals surface area contributed by atoms with Crippen LogP contribution in [0.25, 0.3) is 0 Å². The van der Waals surface area contributed by atoms with E-state index in [-0.39, 0.29) is 16.1 Å². The second-order valence-electron chi connectivity index (χ2n) is 3.84. The summed E-state index contributed by atoms with van der Waals surface area (Å²) in [6.45, 7) is 0. The van der Waals surface area contributed by atoms with E-state index in [1.54, 1.807) is 6.07 Å². The van der Waals surface area contributed by atoms with Gasteiger partial charge in [-0.25, -0.2) is 17.2 Å². The van der Waals surface area contributed by atoms with Gasteiger partial charge in [0.25, 0.3) is 10.0 Å². The highest BCUT2D eigenvalue weighted by molar-refractivity contribution is 7.92. The molecular formula is C13H8F2N2O2S. The van der Waals surface area contributed by atoms with Crippen molar-refractivity contribution in [3.63, 3.8) is 0 Å². The fraction of sp³-hybridized carbons (Fsp3) is 0. The van der Waals surface area contributed by atoms with Gasteiger partial charge < -0.3 is 0 Å². The monoisotopic (exact) mass is 294 g/mol. The average molecular weight is 294 g/mol. The maximum absolute atomic E-state index is 13.4. The minimum absolute atomic E-state index is 0.0671. The highest BCUT2D eigenvalue weighted by Crippen LogP contribution is 2.21. The second kappa shape index (κ2) is 5.27. The molecule has 0 aliphatic rings. The summed E-state index contributed by atoms with van der Waals surface area (Å²) >= 11 is 0. The lowest BCUT2D eigenvalue weighted by atomic mass is 10.2. The normalized spacial score (nSPS) is 10.8. The van der Waals surface area contributed by atoms with E-state index in [0.717, 1.165) is 12.1 Å². The Balaban J connectivity index is 2.44. The molecule has 1 N–H and O–H groups in total. The minimum atomic E-state index is -4.13. The van der Waals surface area contributed by atoms with E-state index in [1.807, 2.05) is 4.72 Å². The molecule has 0 aliphatic heterocycles. The van der Waals surface area contributed by atoms with Crippen LogP contribution < -0.4 is 4.72 Å². The van der Waals surface area contributed by atoms with Crippen LogP contribution in [0.4, 0.5) is 14.5 Å². The van der Waals surface area contributed by atoms with Crippen molar-refractivity contribution in [2.45, 2.75) is 4.90 Å². The summed E-state index contributed by atoms with van der Waals surface area (Å²) in [5.41, 5.74) is -0.457. The fourth-order valence-corrected chi connectivity index (χ4v) is 2.79. The van der Waals surface area contributed by atoms with E-state index in [9.17, 15) is 17.2 Å². The lowest BCUT2D eigenvalue weighted by Crippen LogP contribution is -2.15. The second-order valence-corrected chi connectivity index (χ2v) is 5.49. The molecule has 0 spiro atoms. The summed E-state index contributed by atoms with van der Waals surface area (Å²) in [6.07, 6.45) is 0. The maximum Gasteiger partial charge on any atom is 0.263 e. The van der Waals surface area contributed by atoms with Crippen molar-refractivity contribution in [1.29, 1.82) is 5.26 Å². The van der Waals surface area contributed by atoms with Crippen LogP contribution in [0.1, 0.15) is 5.56 Å². The van der Waals surface area contributed by atoms with E-state index in [2.05, 4.69) is 0 Å². The van der Waals surface area contributed by atoms with Crippen molar-refractivity contribution in [2.75, 3.05) is 4.72 Å². The number of hydrogen-bond acceptors (Lipinski definition) is 3. The summed E-state index contributed by atoms with van der Waals surface area (Å²) in [6, 6.07) is 9.70. The summed E-state index contributed by atoms with van der Waals surface area (Å²) in [4.78, 5) is -0.272. The molecule has 0 bridgehead atoms. The molecule has 0 saturated carbocycles. The lowest BCUT2D eigenvalue weighted by Gasteiger charge is -2.09. The first kappa shape index (κ1) is 14.0. The highest BCUT2D eigenvalue weighted by atomic mass is 32.2. The number of hydrogen-bond donors (Lipinski definition) is 1. The van der Waals surface area contributed by atoms with Crippen LogP contribution in [-0.4, -0.2) is 8.42 Å². The molecule has 0 radical (unpaired) electrons. The van der Waals surface area contributed by atoms with Gasteiger partial charge in [-0.2, -0.15) is 5.26 Å². The summed E-state index contributed by atoms with van der Waals surface area (Å²) < 4.78 is 52.4. The van der Waals surface area contributed by atoms with Crippen LogP contribution in [0, 0.1) is 23.0 Å². The smallest absolute Gasteiger partial charge is 0.263 e. The van der Waals surface area contributed by atoms with Crippen LogP contribution in [0.5, 0.6) is 0 Å². The van der Waals surface area contributed by atoms with Gasteiger partial charge in [-0.05, 0) is 24.3 Å². The van der Waals surface area contributed by atoms with Crippen LogP contribution in [0.15, 0.2) is 47.4 Å². The number of anilines is 1. The molecule has 0 atom stereocenters. The van der Waals surface area contributed by atoms with Gasteiger partial charge in [0.2, 0.25) is 0 Å². The molecule has 20 heavy (non-hydrogen) atoms. The van der Waals surface area contributed by atoms with Gasteiger partial charge in [-0.3, -0.25) is 4.72 Å². The Morgan fingerprint density at radius 3 is 2.45 bits per heavy atom. The van der Waals surface area contributed by atoms with Gasteiger partial charge >= 0.3 is 0 Å². The topological polar surface area (TPSA) is 70.0 Å². The molecule has 0 fully saturated rings. The minimum Gasteiger partial charge on any atom is -0.277 e. The summed E-state index contributed by atoms with van der Waals surface area (Å²) in [7, 11) is -4.13. The molecule has 0 heterocycles. The van der Waals surface area contributed by atoms with Crippen molar-refractivity contribution in [3.8, 4) is 6.07 Å². The predicted molar refractivity (Wildman–Crippen MR) is 68.3 cm³/mol. The van der Waals surface area contributed by atoms with E-state index in [0.29, 0.717) is 6.07 Å². The van der Waals surface area contributed by atoms with Gasteiger partial charge in [-0.15, -0.1) is 0 Å². The zero-order chi connectivity index (χ0) is 14.8. The molecule has 2 aromatic rings. The van der Waals surface area contributed by atoms with Gasteiger partial charge in [0, 0.05) is 6.07 Å². The van der Waals surface area contributed by atoms with Crippen molar-refractivity contribution in [3.05, 3.63) is 59.7 Å². The SMILES string of the molecule is N#Cc1ccccc1S(=O)(=O)Nc1ccc(F)cc1F. The number of nitrogens with zero attached hydrogens (tertiary/aromatic N) is 1. The standard InChI is InChI=1S/C13H8F2N2O2S/c14-10-5-6-12(11(15)7-10)17-20(18,19)13-4-2-1-3-9(13)8-16/h1-7,17H. The van der Waals surface area contributed by atoms with Gasteiger partial charge in [0.05, 0.1) is 11.3 Å². The molecule has 0 amide bonds. The van der Waals surface area contributed by atoms with Crippen LogP contribution in [-0.2, 0) is 10.0 Å². The van der Waals surface area contributed by atoms with Crippen LogP contribution in [0.2, 0.25) is 0 Å². The highest BCUT2D eigenvalue weighted by Gasteiger charge is 2.19. The Morgan fingerprint density at radius 1 is 1.10 bits per heavy atom. The van der Waals surface area contributed by atoms with E-state index in [4.69, 9.17) is 5.26 Å². The molecule has 4 nitrogen and oxygen atoms in total. The number of rotatable bonds is 3. The number of nitriles is 1. The number of benzene rings is 2. The van der Waals surface area contributed by atoms with Crippen LogP contribution in [0.3, 0.4) is 0 Å². The molecule has 7 heteroatoms. The summed E-state index contributed by atoms with van der Waals surface area (Å²) in [5, 5.41) is 8.87. The van der Waals surface area contributed by atoms with Crippen molar-refractivity contribution in [1.82, 2.24) is 0 Å². The van der Waals surface area contributed by atoms with E-state index in [1.165, 1.54) is 24.3 Å². The molecule has 0 aromatic heterocycles. The molecule has 2 rings (SSSR count). The maximum atomic E-state index is 13.4. The molecule has 102 valence electrons. The molecular weight excluding hydrogens is 286 g/mol. The number of sulfonamides is 1. The lowest BCUT2D eigenvalue weighted by molar-refractivity contribution is 0.582. The third-order valence-electron chi connectivity index (χ3n) is 2.47. The quantitative estimate of drug-likeness (QED) is 0.946. The first-order chi connectivity index (χ1) is 9.44. The number of nitrogens with one attached hydrogen (secondary N) is 1. The number of halogens is 2. The average Bonchev–Trinajstić information content (AvgIpc) is 2.42. The fourth-order valence-electron chi connectivity index (χ4n) is 1.57. The van der Waals surface area contributed by atoms with Gasteiger partial charge in [-0.1, -0.05) is 12.1 Å². The third-order valence-corrected chi connectivity index (χ3v) is 3.90. The Hall–Kier alpha value is -2.46. The zero-order valence-corrected chi connectivity index (χ0v) is 10.8. The molecule has 0 aliphatic carbocycles. The van der Waals surface area contributed by atoms with Crippen molar-refractivity contribution < 1.29 is 17.2 Å². The Bertz CT molecular complexity index is 798. The molecule has 0 unspecified atom stereocenters. The van der Waals surface area contributed by atoms with Crippen LogP contribution >= 0.6 is 0 Å². The Labute approximate surface area is 114 Å². The molecule has 2 aromatic carbocycles. The van der Waals surface area contributed by atoms with Crippen molar-refractivity contribution in [2.24, 2.45) is 0 Å². The Morgan fingerprint density at radius 2 is 1.80 bits per heavy atom. The van der Waals surface area contributed by atoms with Crippen molar-refractivity contribution >= 4 is 15.7 Å². The third kappa shape index (κ3) is 2.75. The predicted octanol–water partition coefficient (Wildman–Crippen LogP) is 2.64.